The summed E-state index contributed by atoms with van der Waals surface area (Å²) in [6.45, 7) is 3.38. The van der Waals surface area contributed by atoms with Gasteiger partial charge < -0.3 is 20.1 Å². The van der Waals surface area contributed by atoms with E-state index in [9.17, 15) is 0 Å². The fraction of sp³-hybridized carbons (Fsp3) is 0.647. The predicted octanol–water partition coefficient (Wildman–Crippen LogP) is 3.43. The second-order valence-electron chi connectivity index (χ2n) is 5.85. The normalized spacial score (nSPS) is 20.4. The summed E-state index contributed by atoms with van der Waals surface area (Å²) in [6.07, 6.45) is 6.41. The van der Waals surface area contributed by atoms with Crippen molar-refractivity contribution in [3.05, 3.63) is 18.2 Å². The molecular weight excluding hydrogens is 264 g/mol. The molecule has 1 fully saturated rings. The highest BCUT2D eigenvalue weighted by molar-refractivity contribution is 5.60. The van der Waals surface area contributed by atoms with Crippen LogP contribution in [-0.2, 0) is 0 Å². The summed E-state index contributed by atoms with van der Waals surface area (Å²) in [7, 11) is 3.38. The molecule has 1 saturated heterocycles. The van der Waals surface area contributed by atoms with Crippen molar-refractivity contribution in [2.45, 2.75) is 51.1 Å². The van der Waals surface area contributed by atoms with Crippen LogP contribution in [0.25, 0.3) is 0 Å². The van der Waals surface area contributed by atoms with Gasteiger partial charge in [-0.2, -0.15) is 0 Å². The van der Waals surface area contributed by atoms with E-state index >= 15 is 0 Å². The molecule has 0 aromatic heterocycles. The fourth-order valence-corrected chi connectivity index (χ4v) is 2.98. The molecule has 2 unspecified atom stereocenters. The van der Waals surface area contributed by atoms with Crippen LogP contribution in [0.15, 0.2) is 18.2 Å². The van der Waals surface area contributed by atoms with Gasteiger partial charge in [0.25, 0.3) is 0 Å². The minimum absolute atomic E-state index is 0.390. The molecule has 2 atom stereocenters. The Bertz CT molecular complexity index is 429. The third-order valence-corrected chi connectivity index (χ3v) is 4.11. The maximum atomic E-state index is 5.42. The first kappa shape index (κ1) is 16.0. The van der Waals surface area contributed by atoms with E-state index in [2.05, 4.69) is 17.6 Å². The second-order valence-corrected chi connectivity index (χ2v) is 5.85. The molecule has 21 heavy (non-hydrogen) atoms. The van der Waals surface area contributed by atoms with Gasteiger partial charge in [0.05, 0.1) is 19.9 Å². The van der Waals surface area contributed by atoms with Crippen molar-refractivity contribution in [1.29, 1.82) is 0 Å². The van der Waals surface area contributed by atoms with Crippen LogP contribution < -0.4 is 20.1 Å². The Hall–Kier alpha value is -1.42. The van der Waals surface area contributed by atoms with Gasteiger partial charge in [-0.3, -0.25) is 0 Å². The average Bonchev–Trinajstić information content (AvgIpc) is 2.75. The molecule has 2 rings (SSSR count). The summed E-state index contributed by atoms with van der Waals surface area (Å²) in [4.78, 5) is 0. The van der Waals surface area contributed by atoms with Crippen molar-refractivity contribution in [2.75, 3.05) is 26.1 Å². The maximum absolute atomic E-state index is 5.42. The molecular formula is C17H28N2O2. The van der Waals surface area contributed by atoms with Gasteiger partial charge in [0.15, 0.2) is 0 Å². The average molecular weight is 292 g/mol. The van der Waals surface area contributed by atoms with Crippen LogP contribution in [0.2, 0.25) is 0 Å². The van der Waals surface area contributed by atoms with Crippen molar-refractivity contribution in [3.8, 4) is 11.5 Å². The first-order valence-corrected chi connectivity index (χ1v) is 7.95. The maximum Gasteiger partial charge on any atom is 0.142 e. The van der Waals surface area contributed by atoms with E-state index in [-0.39, 0.29) is 0 Å². The summed E-state index contributed by atoms with van der Waals surface area (Å²) in [5, 5.41) is 7.21. The van der Waals surface area contributed by atoms with Gasteiger partial charge in [-0.15, -0.1) is 0 Å². The lowest BCUT2D eigenvalue weighted by Crippen LogP contribution is -2.33. The smallest absolute Gasteiger partial charge is 0.142 e. The molecule has 1 aliphatic heterocycles. The predicted molar refractivity (Wildman–Crippen MR) is 87.5 cm³/mol. The minimum atomic E-state index is 0.390. The van der Waals surface area contributed by atoms with E-state index in [0.717, 1.165) is 30.2 Å². The number of nitrogens with one attached hydrogen (secondary N) is 2. The summed E-state index contributed by atoms with van der Waals surface area (Å²) in [6, 6.07) is 6.86. The van der Waals surface area contributed by atoms with Gasteiger partial charge >= 0.3 is 0 Å². The van der Waals surface area contributed by atoms with Gasteiger partial charge in [0.2, 0.25) is 0 Å². The number of anilines is 1. The molecule has 4 nitrogen and oxygen atoms in total. The van der Waals surface area contributed by atoms with E-state index < -0.39 is 0 Å². The van der Waals surface area contributed by atoms with E-state index in [1.807, 2.05) is 18.2 Å². The first-order chi connectivity index (χ1) is 10.2. The quantitative estimate of drug-likeness (QED) is 0.843. The summed E-state index contributed by atoms with van der Waals surface area (Å²) >= 11 is 0. The molecule has 1 aromatic rings. The Morgan fingerprint density at radius 1 is 1.24 bits per heavy atom. The Morgan fingerprint density at radius 2 is 2.10 bits per heavy atom. The van der Waals surface area contributed by atoms with Gasteiger partial charge in [-0.25, -0.2) is 0 Å². The van der Waals surface area contributed by atoms with Crippen molar-refractivity contribution >= 4 is 5.69 Å². The Morgan fingerprint density at radius 3 is 2.86 bits per heavy atom. The third-order valence-electron chi connectivity index (χ3n) is 4.11. The lowest BCUT2D eigenvalue weighted by molar-refractivity contribution is 0.403. The molecule has 0 radical (unpaired) electrons. The van der Waals surface area contributed by atoms with Crippen molar-refractivity contribution in [2.24, 2.45) is 0 Å². The third kappa shape index (κ3) is 4.81. The zero-order valence-electron chi connectivity index (χ0n) is 13.4. The highest BCUT2D eigenvalue weighted by Gasteiger charge is 2.16. The molecule has 0 amide bonds. The van der Waals surface area contributed by atoms with Gasteiger partial charge in [-0.1, -0.05) is 12.8 Å². The zero-order valence-corrected chi connectivity index (χ0v) is 13.4. The van der Waals surface area contributed by atoms with Crippen LogP contribution in [0.5, 0.6) is 11.5 Å². The summed E-state index contributed by atoms with van der Waals surface area (Å²) in [5.41, 5.74) is 0.998. The van der Waals surface area contributed by atoms with Crippen LogP contribution >= 0.6 is 0 Å². The number of hydrogen-bond acceptors (Lipinski definition) is 4. The molecule has 0 spiro atoms. The van der Waals surface area contributed by atoms with Crippen molar-refractivity contribution in [3.63, 3.8) is 0 Å². The highest BCUT2D eigenvalue weighted by atomic mass is 16.5. The molecule has 0 bridgehead atoms. The minimum Gasteiger partial charge on any atom is -0.497 e. The van der Waals surface area contributed by atoms with Crippen LogP contribution in [0.4, 0.5) is 5.69 Å². The first-order valence-electron chi connectivity index (χ1n) is 7.95. The van der Waals surface area contributed by atoms with Crippen LogP contribution in [-0.4, -0.2) is 32.8 Å². The van der Waals surface area contributed by atoms with Gasteiger partial charge in [0, 0.05) is 18.2 Å². The molecule has 0 aliphatic carbocycles. The van der Waals surface area contributed by atoms with Crippen LogP contribution in [0.3, 0.4) is 0 Å². The number of benzene rings is 1. The lowest BCUT2D eigenvalue weighted by Gasteiger charge is -2.23. The van der Waals surface area contributed by atoms with Gasteiger partial charge in [-0.05, 0) is 44.9 Å². The summed E-state index contributed by atoms with van der Waals surface area (Å²) < 4.78 is 10.7. The van der Waals surface area contributed by atoms with E-state index in [1.54, 1.807) is 14.2 Å². The number of methoxy groups -OCH3 is 2. The number of ether oxygens (including phenoxy) is 2. The largest absolute Gasteiger partial charge is 0.497 e. The number of rotatable bonds is 6. The molecule has 118 valence electrons. The fourth-order valence-electron chi connectivity index (χ4n) is 2.98. The Balaban J connectivity index is 1.96. The summed E-state index contributed by atoms with van der Waals surface area (Å²) in [5.74, 6) is 1.70. The van der Waals surface area contributed by atoms with E-state index in [0.29, 0.717) is 12.1 Å². The SMILES string of the molecule is COc1ccc(OC)c(NC(C)CC2CCCCCN2)c1. The highest BCUT2D eigenvalue weighted by Crippen LogP contribution is 2.30. The second kappa shape index (κ2) is 8.13. The molecule has 4 heteroatoms. The van der Waals surface area contributed by atoms with E-state index in [4.69, 9.17) is 9.47 Å². The van der Waals surface area contributed by atoms with Crippen molar-refractivity contribution in [1.82, 2.24) is 5.32 Å². The van der Waals surface area contributed by atoms with E-state index in [1.165, 1.54) is 25.7 Å². The monoisotopic (exact) mass is 292 g/mol. The zero-order chi connectivity index (χ0) is 15.1. The van der Waals surface area contributed by atoms with Gasteiger partial charge in [0.1, 0.15) is 11.5 Å². The Kier molecular flexibility index (Phi) is 6.18. The molecule has 1 heterocycles. The van der Waals surface area contributed by atoms with Crippen LogP contribution in [0, 0.1) is 0 Å². The van der Waals surface area contributed by atoms with Crippen molar-refractivity contribution < 1.29 is 9.47 Å². The lowest BCUT2D eigenvalue weighted by atomic mass is 10.0. The molecule has 1 aliphatic rings. The number of hydrogen-bond donors (Lipinski definition) is 2. The molecule has 2 N–H and O–H groups in total. The topological polar surface area (TPSA) is 42.5 Å². The molecule has 1 aromatic carbocycles. The van der Waals surface area contributed by atoms with Crippen LogP contribution in [0.1, 0.15) is 39.0 Å². The standard InChI is InChI=1S/C17H28N2O2/c1-13(11-14-7-5-4-6-10-18-14)19-16-12-15(20-2)8-9-17(16)21-3/h8-9,12-14,18-19H,4-7,10-11H2,1-3H3. The Labute approximate surface area is 128 Å². The molecule has 0 saturated carbocycles.